The molecule has 2 aliphatic rings. The number of nitriles is 1. The maximum Gasteiger partial charge on any atom is 0.205 e. The second kappa shape index (κ2) is 5.14. The number of nitrogens with two attached hydrogens (primary N) is 1. The zero-order chi connectivity index (χ0) is 15.9. The molecule has 114 valence electrons. The topological polar surface area (TPSA) is 93.2 Å². The van der Waals surface area contributed by atoms with E-state index in [-0.39, 0.29) is 27.9 Å². The molecular formula is C15H13FN2O3S. The molecule has 0 fully saturated rings. The Morgan fingerprint density at radius 2 is 2.00 bits per heavy atom. The van der Waals surface area contributed by atoms with Crippen molar-refractivity contribution in [1.29, 1.82) is 5.26 Å². The zero-order valence-electron chi connectivity index (χ0n) is 11.5. The fraction of sp³-hybridized carbons (Fsp3) is 0.267. The fourth-order valence-electron chi connectivity index (χ4n) is 2.83. The van der Waals surface area contributed by atoms with Crippen molar-refractivity contribution in [3.05, 3.63) is 57.8 Å². The van der Waals surface area contributed by atoms with Crippen LogP contribution in [0.1, 0.15) is 24.3 Å². The molecule has 22 heavy (non-hydrogen) atoms. The van der Waals surface area contributed by atoms with E-state index >= 15 is 0 Å². The van der Waals surface area contributed by atoms with Crippen LogP contribution in [0, 0.1) is 17.1 Å². The first kappa shape index (κ1) is 14.6. The predicted molar refractivity (Wildman–Crippen MR) is 77.1 cm³/mol. The van der Waals surface area contributed by atoms with Crippen molar-refractivity contribution >= 4 is 9.84 Å². The third-order valence-corrected chi connectivity index (χ3v) is 5.76. The van der Waals surface area contributed by atoms with Crippen LogP contribution in [0.2, 0.25) is 0 Å². The molecular weight excluding hydrogens is 307 g/mol. The molecule has 0 saturated heterocycles. The highest BCUT2D eigenvalue weighted by Crippen LogP contribution is 2.45. The van der Waals surface area contributed by atoms with Gasteiger partial charge in [-0.1, -0.05) is 12.1 Å². The van der Waals surface area contributed by atoms with Crippen molar-refractivity contribution in [1.82, 2.24) is 0 Å². The van der Waals surface area contributed by atoms with Crippen LogP contribution < -0.4 is 5.73 Å². The first-order valence-electron chi connectivity index (χ1n) is 6.73. The van der Waals surface area contributed by atoms with E-state index in [1.165, 1.54) is 24.3 Å². The highest BCUT2D eigenvalue weighted by atomic mass is 32.2. The van der Waals surface area contributed by atoms with Gasteiger partial charge < -0.3 is 10.5 Å². The lowest BCUT2D eigenvalue weighted by atomic mass is 9.89. The van der Waals surface area contributed by atoms with Crippen molar-refractivity contribution in [2.75, 3.05) is 5.75 Å². The standard InChI is InChI=1S/C15H13FN2O3S/c16-10-5-3-9(4-6-10)13-11(8-17)15(18)21-12-2-1-7-22(19,20)14(12)13/h3-6,13H,1-2,7,18H2. The summed E-state index contributed by atoms with van der Waals surface area (Å²) in [5.41, 5.74) is 6.31. The minimum absolute atomic E-state index is 0.00546. The maximum atomic E-state index is 13.1. The van der Waals surface area contributed by atoms with Gasteiger partial charge in [-0.25, -0.2) is 12.8 Å². The van der Waals surface area contributed by atoms with Crippen LogP contribution in [0.15, 0.2) is 46.4 Å². The highest BCUT2D eigenvalue weighted by Gasteiger charge is 2.41. The molecule has 0 saturated carbocycles. The molecule has 0 radical (unpaired) electrons. The Kier molecular flexibility index (Phi) is 3.41. The Morgan fingerprint density at radius 1 is 1.32 bits per heavy atom. The van der Waals surface area contributed by atoms with E-state index in [2.05, 4.69) is 0 Å². The molecule has 1 atom stereocenters. The van der Waals surface area contributed by atoms with E-state index in [1.807, 2.05) is 6.07 Å². The van der Waals surface area contributed by atoms with Crippen LogP contribution in [-0.4, -0.2) is 14.2 Å². The average Bonchev–Trinajstić information content (AvgIpc) is 2.46. The van der Waals surface area contributed by atoms with Crippen LogP contribution in [0.3, 0.4) is 0 Å². The maximum absolute atomic E-state index is 13.1. The van der Waals surface area contributed by atoms with Gasteiger partial charge in [0.25, 0.3) is 0 Å². The summed E-state index contributed by atoms with van der Waals surface area (Å²) in [6.45, 7) is 0. The van der Waals surface area contributed by atoms with Crippen molar-refractivity contribution < 1.29 is 17.5 Å². The lowest BCUT2D eigenvalue weighted by Crippen LogP contribution is -2.29. The minimum Gasteiger partial charge on any atom is -0.444 e. The largest absolute Gasteiger partial charge is 0.444 e. The Morgan fingerprint density at radius 3 is 2.64 bits per heavy atom. The summed E-state index contributed by atoms with van der Waals surface area (Å²) < 4.78 is 43.4. The van der Waals surface area contributed by atoms with Crippen molar-refractivity contribution in [3.8, 4) is 6.07 Å². The van der Waals surface area contributed by atoms with Crippen molar-refractivity contribution in [3.63, 3.8) is 0 Å². The van der Waals surface area contributed by atoms with Crippen molar-refractivity contribution in [2.24, 2.45) is 5.73 Å². The Balaban J connectivity index is 2.24. The van der Waals surface area contributed by atoms with E-state index in [0.29, 0.717) is 18.4 Å². The van der Waals surface area contributed by atoms with Gasteiger partial charge >= 0.3 is 0 Å². The number of hydrogen-bond donors (Lipinski definition) is 1. The third-order valence-electron chi connectivity index (χ3n) is 3.80. The molecule has 2 aliphatic heterocycles. The summed E-state index contributed by atoms with van der Waals surface area (Å²) in [5.74, 6) is -1.07. The summed E-state index contributed by atoms with van der Waals surface area (Å²) in [6, 6.07) is 7.31. The first-order chi connectivity index (χ1) is 10.4. The smallest absolute Gasteiger partial charge is 0.205 e. The summed E-state index contributed by atoms with van der Waals surface area (Å²) in [4.78, 5) is 0.0797. The Labute approximate surface area is 127 Å². The van der Waals surface area contributed by atoms with E-state index in [1.54, 1.807) is 0 Å². The molecule has 7 heteroatoms. The van der Waals surface area contributed by atoms with E-state index in [4.69, 9.17) is 10.5 Å². The number of allylic oxidation sites excluding steroid dienone is 3. The monoisotopic (exact) mass is 320 g/mol. The van der Waals surface area contributed by atoms with E-state index < -0.39 is 21.6 Å². The Bertz CT molecular complexity index is 833. The van der Waals surface area contributed by atoms with Crippen LogP contribution in [0.4, 0.5) is 4.39 Å². The number of benzene rings is 1. The summed E-state index contributed by atoms with van der Waals surface area (Å²) in [6.07, 6.45) is 0.901. The normalized spacial score (nSPS) is 23.5. The van der Waals surface area contributed by atoms with Gasteiger partial charge in [-0.2, -0.15) is 5.26 Å². The molecule has 0 aliphatic carbocycles. The van der Waals surface area contributed by atoms with Crippen LogP contribution >= 0.6 is 0 Å². The van der Waals surface area contributed by atoms with Crippen molar-refractivity contribution in [2.45, 2.75) is 18.8 Å². The molecule has 0 aromatic heterocycles. The Hall–Kier alpha value is -2.33. The predicted octanol–water partition coefficient (Wildman–Crippen LogP) is 2.05. The number of halogens is 1. The number of rotatable bonds is 1. The molecule has 2 N–H and O–H groups in total. The molecule has 1 aromatic carbocycles. The van der Waals surface area contributed by atoms with Crippen LogP contribution in [-0.2, 0) is 14.6 Å². The van der Waals surface area contributed by atoms with Crippen LogP contribution in [0.25, 0.3) is 0 Å². The van der Waals surface area contributed by atoms with Crippen LogP contribution in [0.5, 0.6) is 0 Å². The number of ether oxygens (including phenoxy) is 1. The fourth-order valence-corrected chi connectivity index (χ4v) is 4.67. The lowest BCUT2D eigenvalue weighted by Gasteiger charge is -2.31. The molecule has 0 spiro atoms. The second-order valence-electron chi connectivity index (χ2n) is 5.19. The lowest BCUT2D eigenvalue weighted by molar-refractivity contribution is 0.265. The third kappa shape index (κ3) is 2.25. The van der Waals surface area contributed by atoms with Gasteiger partial charge in [0.15, 0.2) is 9.84 Å². The van der Waals surface area contributed by atoms with E-state index in [0.717, 1.165) is 0 Å². The van der Waals surface area contributed by atoms with Gasteiger partial charge in [0.05, 0.1) is 16.6 Å². The van der Waals surface area contributed by atoms with Gasteiger partial charge in [-0.05, 0) is 24.1 Å². The molecule has 5 nitrogen and oxygen atoms in total. The molecule has 2 heterocycles. The molecule has 0 amide bonds. The molecule has 1 unspecified atom stereocenters. The van der Waals surface area contributed by atoms with Gasteiger partial charge in [-0.15, -0.1) is 0 Å². The summed E-state index contributed by atoms with van der Waals surface area (Å²) in [7, 11) is -3.54. The minimum atomic E-state index is -3.54. The SMILES string of the molecule is N#CC1=C(N)OC2=C(C1c1ccc(F)cc1)S(=O)(=O)CCC2. The summed E-state index contributed by atoms with van der Waals surface area (Å²) >= 11 is 0. The van der Waals surface area contributed by atoms with Gasteiger partial charge in [0.2, 0.25) is 5.88 Å². The zero-order valence-corrected chi connectivity index (χ0v) is 12.4. The van der Waals surface area contributed by atoms with Gasteiger partial charge in [-0.3, -0.25) is 0 Å². The molecule has 1 aromatic rings. The quantitative estimate of drug-likeness (QED) is 0.855. The first-order valence-corrected chi connectivity index (χ1v) is 8.38. The molecule has 3 rings (SSSR count). The van der Waals surface area contributed by atoms with Gasteiger partial charge in [0.1, 0.15) is 23.2 Å². The van der Waals surface area contributed by atoms with Gasteiger partial charge in [0, 0.05) is 6.42 Å². The number of sulfone groups is 1. The van der Waals surface area contributed by atoms with E-state index in [9.17, 15) is 18.1 Å². The molecule has 0 bridgehead atoms. The second-order valence-corrected chi connectivity index (χ2v) is 7.26. The average molecular weight is 320 g/mol. The number of hydrogen-bond acceptors (Lipinski definition) is 5. The number of nitrogens with zero attached hydrogens (tertiary/aromatic N) is 1. The summed E-state index contributed by atoms with van der Waals surface area (Å²) in [5, 5.41) is 9.35. The highest BCUT2D eigenvalue weighted by molar-refractivity contribution is 7.95.